The van der Waals surface area contributed by atoms with Crippen LogP contribution in [0.3, 0.4) is 0 Å². The minimum atomic E-state index is -1.29. The lowest BCUT2D eigenvalue weighted by Crippen LogP contribution is -2.19. The Bertz CT molecular complexity index is 689. The largest absolute Gasteiger partial charge is 0.495 e. The van der Waals surface area contributed by atoms with E-state index in [1.54, 1.807) is 7.11 Å². The Morgan fingerprint density at radius 3 is 2.75 bits per heavy atom. The van der Waals surface area contributed by atoms with Gasteiger partial charge in [0.05, 0.1) is 28.7 Å². The van der Waals surface area contributed by atoms with Gasteiger partial charge in [0.2, 0.25) is 0 Å². The lowest BCUT2D eigenvalue weighted by molar-refractivity contribution is 0.412. The third-order valence-electron chi connectivity index (χ3n) is 2.54. The molecule has 0 fully saturated rings. The van der Waals surface area contributed by atoms with Crippen LogP contribution in [-0.2, 0) is 11.0 Å². The van der Waals surface area contributed by atoms with E-state index in [2.05, 4.69) is 25.3 Å². The highest BCUT2D eigenvalue weighted by atomic mass is 79.9. The summed E-state index contributed by atoms with van der Waals surface area (Å²) in [7, 11) is 0.323. The lowest BCUT2D eigenvalue weighted by atomic mass is 10.3. The van der Waals surface area contributed by atoms with E-state index in [0.29, 0.717) is 5.69 Å². The van der Waals surface area contributed by atoms with E-state index in [1.807, 2.05) is 43.6 Å². The molecular formula is C13H16BrN3O2S. The molecule has 0 aromatic carbocycles. The highest BCUT2D eigenvalue weighted by Crippen LogP contribution is 2.23. The minimum Gasteiger partial charge on any atom is -0.495 e. The summed E-state index contributed by atoms with van der Waals surface area (Å²) < 4.78 is 23.4. The zero-order valence-corrected chi connectivity index (χ0v) is 14.2. The van der Waals surface area contributed by atoms with Gasteiger partial charge in [-0.25, -0.2) is 9.19 Å². The Kier molecular flexibility index (Phi) is 4.29. The summed E-state index contributed by atoms with van der Waals surface area (Å²) in [5, 5.41) is 0. The molecule has 0 aliphatic rings. The van der Waals surface area contributed by atoms with Crippen molar-refractivity contribution in [3.8, 4) is 5.75 Å². The van der Waals surface area contributed by atoms with Gasteiger partial charge in [-0.2, -0.15) is 4.40 Å². The number of methoxy groups -OCH3 is 1. The van der Waals surface area contributed by atoms with Crippen molar-refractivity contribution in [2.75, 3.05) is 7.11 Å². The number of rotatable bonds is 3. The number of ether oxygens (including phenoxy) is 1. The van der Waals surface area contributed by atoms with Gasteiger partial charge in [0.25, 0.3) is 0 Å². The van der Waals surface area contributed by atoms with Crippen molar-refractivity contribution in [1.82, 2.24) is 9.38 Å². The molecule has 0 amide bonds. The average Bonchev–Trinajstić information content (AvgIpc) is 2.78. The molecule has 2 aromatic heterocycles. The lowest BCUT2D eigenvalue weighted by Gasteiger charge is -2.12. The van der Waals surface area contributed by atoms with Crippen LogP contribution in [0.4, 0.5) is 0 Å². The molecule has 0 radical (unpaired) electrons. The van der Waals surface area contributed by atoms with Crippen molar-refractivity contribution in [2.24, 2.45) is 4.40 Å². The maximum absolute atomic E-state index is 11.9. The number of imidazole rings is 1. The molecule has 0 saturated carbocycles. The van der Waals surface area contributed by atoms with Gasteiger partial charge in [-0.3, -0.25) is 0 Å². The number of aromatic nitrogens is 2. The molecule has 0 aliphatic heterocycles. The smallest absolute Gasteiger partial charge is 0.152 e. The zero-order chi connectivity index (χ0) is 14.9. The molecule has 5 nitrogen and oxygen atoms in total. The van der Waals surface area contributed by atoms with Crippen LogP contribution in [0.15, 0.2) is 27.3 Å². The van der Waals surface area contributed by atoms with Gasteiger partial charge in [0.1, 0.15) is 22.4 Å². The number of hydrogen-bond donors (Lipinski definition) is 0. The quantitative estimate of drug-likeness (QED) is 0.793. The molecule has 2 heterocycles. The zero-order valence-electron chi connectivity index (χ0n) is 11.8. The Morgan fingerprint density at radius 1 is 1.45 bits per heavy atom. The molecular weight excluding hydrogens is 342 g/mol. The molecule has 0 N–H and O–H groups in total. The first-order valence-corrected chi connectivity index (χ1v) is 7.89. The summed E-state index contributed by atoms with van der Waals surface area (Å²) in [6.45, 7) is 5.64. The highest BCUT2D eigenvalue weighted by molar-refractivity contribution is 9.10. The van der Waals surface area contributed by atoms with Gasteiger partial charge in [-0.1, -0.05) is 0 Å². The molecule has 0 unspecified atom stereocenters. The van der Waals surface area contributed by atoms with E-state index in [4.69, 9.17) is 4.74 Å². The summed E-state index contributed by atoms with van der Waals surface area (Å²) in [6.07, 6.45) is 5.17. The third kappa shape index (κ3) is 3.27. The molecule has 0 saturated heterocycles. The molecule has 0 aliphatic carbocycles. The predicted molar refractivity (Wildman–Crippen MR) is 84.9 cm³/mol. The second-order valence-electron chi connectivity index (χ2n) is 5.22. The number of fused-ring (bicyclic) bond motifs is 1. The van der Waals surface area contributed by atoms with E-state index >= 15 is 0 Å². The van der Waals surface area contributed by atoms with E-state index in [9.17, 15) is 4.21 Å². The normalized spacial score (nSPS) is 14.1. The van der Waals surface area contributed by atoms with Crippen LogP contribution in [0.5, 0.6) is 5.75 Å². The van der Waals surface area contributed by atoms with Crippen molar-refractivity contribution < 1.29 is 8.95 Å². The van der Waals surface area contributed by atoms with Crippen molar-refractivity contribution in [3.05, 3.63) is 28.6 Å². The van der Waals surface area contributed by atoms with Crippen LogP contribution in [0.25, 0.3) is 5.65 Å². The van der Waals surface area contributed by atoms with Crippen molar-refractivity contribution in [2.45, 2.75) is 25.5 Å². The number of halogens is 1. The fraction of sp³-hybridized carbons (Fsp3) is 0.385. The summed E-state index contributed by atoms with van der Waals surface area (Å²) in [5.41, 5.74) is 1.41. The number of nitrogens with zero attached hydrogens (tertiary/aromatic N) is 3. The Hall–Kier alpha value is -1.21. The summed E-state index contributed by atoms with van der Waals surface area (Å²) in [5.74, 6) is 0.725. The van der Waals surface area contributed by atoms with Crippen LogP contribution < -0.4 is 4.74 Å². The van der Waals surface area contributed by atoms with Gasteiger partial charge in [-0.15, -0.1) is 0 Å². The number of pyridine rings is 1. The van der Waals surface area contributed by atoms with Crippen molar-refractivity contribution in [1.29, 1.82) is 0 Å². The van der Waals surface area contributed by atoms with Crippen LogP contribution in [0.2, 0.25) is 0 Å². The van der Waals surface area contributed by atoms with E-state index in [0.717, 1.165) is 15.9 Å². The standard InChI is InChI=1S/C13H16BrN3O2S/c1-13(2,3)20(18)15-6-9-7-17-8-10(19-4)5-11(14)12(17)16-9/h5-8H,1-4H3/t20-/m1/s1. The van der Waals surface area contributed by atoms with Crippen molar-refractivity contribution >= 4 is 38.8 Å². The van der Waals surface area contributed by atoms with Gasteiger partial charge in [0, 0.05) is 6.20 Å². The fourth-order valence-corrected chi connectivity index (χ4v) is 2.52. The second kappa shape index (κ2) is 5.65. The molecule has 2 aromatic rings. The fourth-order valence-electron chi connectivity index (χ4n) is 1.49. The average molecular weight is 358 g/mol. The SMILES string of the molecule is COc1cc(Br)c2nc(C=N[S@](=O)C(C)(C)C)cn2c1. The van der Waals surface area contributed by atoms with Gasteiger partial charge < -0.3 is 9.14 Å². The number of hydrogen-bond acceptors (Lipinski definition) is 3. The van der Waals surface area contributed by atoms with E-state index in [-0.39, 0.29) is 4.75 Å². The summed E-state index contributed by atoms with van der Waals surface area (Å²) >= 11 is 3.45. The molecule has 2 rings (SSSR count). The van der Waals surface area contributed by atoms with Crippen LogP contribution in [0, 0.1) is 0 Å². The van der Waals surface area contributed by atoms with Crippen LogP contribution in [-0.4, -0.2) is 31.7 Å². The topological polar surface area (TPSA) is 56.0 Å². The summed E-state index contributed by atoms with van der Waals surface area (Å²) in [4.78, 5) is 4.42. The first-order chi connectivity index (χ1) is 9.31. The summed E-state index contributed by atoms with van der Waals surface area (Å²) in [6, 6.07) is 1.84. The van der Waals surface area contributed by atoms with E-state index in [1.165, 1.54) is 6.21 Å². The molecule has 108 valence electrons. The maximum atomic E-state index is 11.9. The first-order valence-electron chi connectivity index (χ1n) is 5.99. The Morgan fingerprint density at radius 2 is 2.15 bits per heavy atom. The van der Waals surface area contributed by atoms with Crippen LogP contribution >= 0.6 is 15.9 Å². The molecule has 0 spiro atoms. The molecule has 7 heteroatoms. The van der Waals surface area contributed by atoms with Gasteiger partial charge >= 0.3 is 0 Å². The maximum Gasteiger partial charge on any atom is 0.152 e. The minimum absolute atomic E-state index is 0.376. The third-order valence-corrected chi connectivity index (χ3v) is 4.47. The van der Waals surface area contributed by atoms with Crippen molar-refractivity contribution in [3.63, 3.8) is 0 Å². The monoisotopic (exact) mass is 357 g/mol. The van der Waals surface area contributed by atoms with Gasteiger partial charge in [0.15, 0.2) is 5.65 Å². The predicted octanol–water partition coefficient (Wildman–Crippen LogP) is 2.99. The van der Waals surface area contributed by atoms with Gasteiger partial charge in [-0.05, 0) is 42.8 Å². The highest BCUT2D eigenvalue weighted by Gasteiger charge is 2.18. The molecule has 20 heavy (non-hydrogen) atoms. The Labute approximate surface area is 128 Å². The Balaban J connectivity index is 2.35. The molecule has 0 bridgehead atoms. The first kappa shape index (κ1) is 15.2. The molecule has 1 atom stereocenters. The van der Waals surface area contributed by atoms with Crippen LogP contribution in [0.1, 0.15) is 26.5 Å². The second-order valence-corrected chi connectivity index (χ2v) is 8.01. The van der Waals surface area contributed by atoms with E-state index < -0.39 is 11.0 Å².